The second-order valence-electron chi connectivity index (χ2n) is 7.19. The molecule has 1 N–H and O–H groups in total. The lowest BCUT2D eigenvalue weighted by atomic mass is 9.74. The average Bonchev–Trinajstić information content (AvgIpc) is 3.34. The molecule has 25 heavy (non-hydrogen) atoms. The van der Waals surface area contributed by atoms with E-state index in [1.807, 2.05) is 12.4 Å². The highest BCUT2D eigenvalue weighted by Crippen LogP contribution is 2.39. The molecule has 0 saturated carbocycles. The van der Waals surface area contributed by atoms with Crippen LogP contribution in [0.25, 0.3) is 4.91 Å². The van der Waals surface area contributed by atoms with Crippen molar-refractivity contribution >= 4 is 22.6 Å². The highest BCUT2D eigenvalue weighted by molar-refractivity contribution is 8.08. The number of amides is 1. The van der Waals surface area contributed by atoms with Gasteiger partial charge in [0.15, 0.2) is 0 Å². The third-order valence-corrected chi connectivity index (χ3v) is 6.73. The Bertz CT molecular complexity index is 762. The predicted octanol–water partition coefficient (Wildman–Crippen LogP) is 3.69. The molecule has 1 amide bonds. The maximum absolute atomic E-state index is 12.9. The normalized spacial score (nSPS) is 22.7. The molecular weight excluding hydrogens is 330 g/mol. The van der Waals surface area contributed by atoms with Gasteiger partial charge >= 0.3 is 0 Å². The quantitative estimate of drug-likeness (QED) is 0.915. The third-order valence-electron chi connectivity index (χ3n) is 5.52. The lowest BCUT2D eigenvalue weighted by Crippen LogP contribution is -2.46. The fourth-order valence-corrected chi connectivity index (χ4v) is 4.89. The zero-order chi connectivity index (χ0) is 17.3. The second-order valence-corrected chi connectivity index (χ2v) is 8.25. The monoisotopic (exact) mass is 353 g/mol. The standard InChI is InChI=1S/C20H23N3OS/c1-20(17-5-3-2-4-6-17)7-9-23(10-8-20)19(24)15-11-18(25-14-15)16-12-21-22-13-16/h2-6,11-13,15H,7-10,14H2,1H3,(H,21,22). The number of carbonyl (C=O) groups excluding carboxylic acids is 1. The Balaban J connectivity index is 1.40. The fraction of sp³-hybridized carbons (Fsp3) is 0.400. The van der Waals surface area contributed by atoms with Crippen molar-refractivity contribution in [1.82, 2.24) is 15.1 Å². The van der Waals surface area contributed by atoms with Crippen molar-refractivity contribution in [2.75, 3.05) is 18.8 Å². The van der Waals surface area contributed by atoms with Crippen LogP contribution in [0.2, 0.25) is 0 Å². The van der Waals surface area contributed by atoms with Crippen molar-refractivity contribution in [2.45, 2.75) is 25.2 Å². The number of piperidine rings is 1. The smallest absolute Gasteiger partial charge is 0.230 e. The summed E-state index contributed by atoms with van der Waals surface area (Å²) in [4.78, 5) is 16.1. The van der Waals surface area contributed by atoms with Crippen molar-refractivity contribution in [3.63, 3.8) is 0 Å². The van der Waals surface area contributed by atoms with Crippen LogP contribution in [-0.2, 0) is 10.2 Å². The summed E-state index contributed by atoms with van der Waals surface area (Å²) >= 11 is 1.75. The molecule has 2 aliphatic heterocycles. The molecule has 4 nitrogen and oxygen atoms in total. The van der Waals surface area contributed by atoms with E-state index in [9.17, 15) is 4.79 Å². The molecule has 0 spiro atoms. The number of hydrogen-bond acceptors (Lipinski definition) is 3. The van der Waals surface area contributed by atoms with E-state index in [1.165, 1.54) is 10.5 Å². The maximum atomic E-state index is 12.9. The Labute approximate surface area is 152 Å². The van der Waals surface area contributed by atoms with Gasteiger partial charge in [-0.2, -0.15) is 5.10 Å². The molecule has 5 heteroatoms. The number of thioether (sulfide) groups is 1. The van der Waals surface area contributed by atoms with E-state index in [0.717, 1.165) is 37.2 Å². The summed E-state index contributed by atoms with van der Waals surface area (Å²) in [6, 6.07) is 10.7. The number of aromatic amines is 1. The summed E-state index contributed by atoms with van der Waals surface area (Å²) in [7, 11) is 0. The van der Waals surface area contributed by atoms with Crippen LogP contribution in [0.5, 0.6) is 0 Å². The van der Waals surface area contributed by atoms with Gasteiger partial charge in [-0.3, -0.25) is 9.89 Å². The Kier molecular flexibility index (Phi) is 4.42. The minimum absolute atomic E-state index is 0.00372. The van der Waals surface area contributed by atoms with Crippen molar-refractivity contribution < 1.29 is 4.79 Å². The van der Waals surface area contributed by atoms with E-state index in [1.54, 1.807) is 11.8 Å². The predicted molar refractivity (Wildman–Crippen MR) is 102 cm³/mol. The summed E-state index contributed by atoms with van der Waals surface area (Å²) in [6.07, 6.45) is 7.88. The number of aromatic nitrogens is 2. The molecule has 1 fully saturated rings. The number of H-pyrrole nitrogens is 1. The van der Waals surface area contributed by atoms with Crippen molar-refractivity contribution in [3.8, 4) is 0 Å². The minimum Gasteiger partial charge on any atom is -0.342 e. The van der Waals surface area contributed by atoms with E-state index in [0.29, 0.717) is 0 Å². The number of benzene rings is 1. The number of nitrogens with one attached hydrogen (secondary N) is 1. The Morgan fingerprint density at radius 2 is 2.04 bits per heavy atom. The van der Waals surface area contributed by atoms with Crippen LogP contribution in [0.4, 0.5) is 0 Å². The molecule has 1 atom stereocenters. The minimum atomic E-state index is -0.00372. The van der Waals surface area contributed by atoms with Gasteiger partial charge in [0.25, 0.3) is 0 Å². The van der Waals surface area contributed by atoms with Crippen LogP contribution in [-0.4, -0.2) is 39.8 Å². The Morgan fingerprint density at radius 3 is 2.72 bits per heavy atom. The molecule has 0 aliphatic carbocycles. The van der Waals surface area contributed by atoms with Gasteiger partial charge in [-0.25, -0.2) is 0 Å². The van der Waals surface area contributed by atoms with Gasteiger partial charge in [-0.1, -0.05) is 43.3 Å². The molecule has 3 heterocycles. The summed E-state index contributed by atoms with van der Waals surface area (Å²) in [6.45, 7) is 4.02. The van der Waals surface area contributed by atoms with Crippen LogP contribution < -0.4 is 0 Å². The molecular formula is C20H23N3OS. The number of nitrogens with zero attached hydrogens (tertiary/aromatic N) is 2. The van der Waals surface area contributed by atoms with E-state index in [2.05, 4.69) is 58.4 Å². The van der Waals surface area contributed by atoms with Crippen LogP contribution in [0, 0.1) is 5.92 Å². The molecule has 1 aromatic heterocycles. The Morgan fingerprint density at radius 1 is 1.28 bits per heavy atom. The molecule has 1 saturated heterocycles. The van der Waals surface area contributed by atoms with Crippen molar-refractivity contribution in [3.05, 3.63) is 59.9 Å². The van der Waals surface area contributed by atoms with Crippen LogP contribution in [0.3, 0.4) is 0 Å². The van der Waals surface area contributed by atoms with Gasteiger partial charge in [-0.15, -0.1) is 11.8 Å². The van der Waals surface area contributed by atoms with E-state index < -0.39 is 0 Å². The van der Waals surface area contributed by atoms with Gasteiger partial charge in [0.2, 0.25) is 5.91 Å². The second kappa shape index (κ2) is 6.71. The van der Waals surface area contributed by atoms with E-state index >= 15 is 0 Å². The molecule has 1 unspecified atom stereocenters. The van der Waals surface area contributed by atoms with Crippen LogP contribution >= 0.6 is 11.8 Å². The number of likely N-dealkylation sites (tertiary alicyclic amines) is 1. The molecule has 2 aliphatic rings. The summed E-state index contributed by atoms with van der Waals surface area (Å²) in [5.41, 5.74) is 2.65. The molecule has 0 bridgehead atoms. The van der Waals surface area contributed by atoms with Crippen molar-refractivity contribution in [2.24, 2.45) is 5.92 Å². The number of carbonyl (C=O) groups is 1. The van der Waals surface area contributed by atoms with E-state index in [-0.39, 0.29) is 17.2 Å². The largest absolute Gasteiger partial charge is 0.342 e. The van der Waals surface area contributed by atoms with E-state index in [4.69, 9.17) is 0 Å². The molecule has 0 radical (unpaired) electrons. The number of hydrogen-bond donors (Lipinski definition) is 1. The molecule has 2 aromatic rings. The molecule has 4 rings (SSSR count). The first-order valence-electron chi connectivity index (χ1n) is 8.84. The highest BCUT2D eigenvalue weighted by Gasteiger charge is 2.35. The first-order chi connectivity index (χ1) is 12.2. The first-order valence-corrected chi connectivity index (χ1v) is 9.82. The lowest BCUT2D eigenvalue weighted by Gasteiger charge is -2.40. The summed E-state index contributed by atoms with van der Waals surface area (Å²) in [5.74, 6) is 1.11. The summed E-state index contributed by atoms with van der Waals surface area (Å²) in [5, 5.41) is 6.84. The SMILES string of the molecule is CC1(c2ccccc2)CCN(C(=O)C2C=C(c3cn[nH]c3)SC2)CC1. The zero-order valence-electron chi connectivity index (χ0n) is 14.4. The number of rotatable bonds is 3. The summed E-state index contributed by atoms with van der Waals surface area (Å²) < 4.78 is 0. The van der Waals surface area contributed by atoms with Gasteiger partial charge in [-0.05, 0) is 23.8 Å². The fourth-order valence-electron chi connectivity index (χ4n) is 3.75. The molecule has 130 valence electrons. The van der Waals surface area contributed by atoms with Gasteiger partial charge in [0, 0.05) is 35.5 Å². The van der Waals surface area contributed by atoms with Gasteiger partial charge in [0.1, 0.15) is 0 Å². The third kappa shape index (κ3) is 3.25. The maximum Gasteiger partial charge on any atom is 0.230 e. The lowest BCUT2D eigenvalue weighted by molar-refractivity contribution is -0.134. The van der Waals surface area contributed by atoms with Crippen LogP contribution in [0.15, 0.2) is 48.8 Å². The Hall–Kier alpha value is -2.01. The molecule has 1 aromatic carbocycles. The van der Waals surface area contributed by atoms with Crippen LogP contribution in [0.1, 0.15) is 30.9 Å². The topological polar surface area (TPSA) is 49.0 Å². The van der Waals surface area contributed by atoms with Gasteiger partial charge < -0.3 is 4.90 Å². The van der Waals surface area contributed by atoms with Gasteiger partial charge in [0.05, 0.1) is 12.1 Å². The zero-order valence-corrected chi connectivity index (χ0v) is 15.3. The highest BCUT2D eigenvalue weighted by atomic mass is 32.2. The first kappa shape index (κ1) is 16.5. The average molecular weight is 353 g/mol. The van der Waals surface area contributed by atoms with Crippen molar-refractivity contribution in [1.29, 1.82) is 0 Å².